The maximum atomic E-state index is 13.7. The Balaban J connectivity index is 2.33. The summed E-state index contributed by atoms with van der Waals surface area (Å²) in [4.78, 5) is 26.8. The summed E-state index contributed by atoms with van der Waals surface area (Å²) < 4.78 is 13.7. The van der Waals surface area contributed by atoms with Gasteiger partial charge in [-0.2, -0.15) is 0 Å². The van der Waals surface area contributed by atoms with Crippen LogP contribution in [0.5, 0.6) is 0 Å². The highest BCUT2D eigenvalue weighted by Crippen LogP contribution is 2.21. The Bertz CT molecular complexity index is 737. The number of primary amides is 1. The summed E-state index contributed by atoms with van der Waals surface area (Å²) in [6, 6.07) is 4.61. The van der Waals surface area contributed by atoms with Crippen molar-refractivity contribution in [1.29, 1.82) is 0 Å². The molecule has 0 saturated heterocycles. The number of halogens is 3. The van der Waals surface area contributed by atoms with Crippen LogP contribution in [0.1, 0.15) is 20.7 Å². The lowest BCUT2D eigenvalue weighted by Crippen LogP contribution is -2.16. The number of hydrogen-bond acceptors (Lipinski definition) is 3. The average Bonchev–Trinajstić information content (AvgIpc) is 2.43. The Morgan fingerprint density at radius 1 is 1.24 bits per heavy atom. The van der Waals surface area contributed by atoms with Crippen molar-refractivity contribution in [1.82, 2.24) is 4.98 Å². The Hall–Kier alpha value is -2.18. The van der Waals surface area contributed by atoms with E-state index in [9.17, 15) is 14.0 Å². The van der Waals surface area contributed by atoms with E-state index in [4.69, 9.17) is 28.9 Å². The van der Waals surface area contributed by atoms with E-state index in [0.717, 1.165) is 12.1 Å². The summed E-state index contributed by atoms with van der Waals surface area (Å²) in [5.74, 6) is -2.15. The maximum absolute atomic E-state index is 13.7. The fourth-order valence-electron chi connectivity index (χ4n) is 1.55. The van der Waals surface area contributed by atoms with Gasteiger partial charge in [0.1, 0.15) is 11.0 Å². The number of aromatic nitrogens is 1. The Labute approximate surface area is 128 Å². The number of benzene rings is 1. The highest BCUT2D eigenvalue weighted by Gasteiger charge is 2.15. The van der Waals surface area contributed by atoms with Crippen LogP contribution in [0.2, 0.25) is 10.2 Å². The Kier molecular flexibility index (Phi) is 4.40. The molecule has 2 amide bonds. The summed E-state index contributed by atoms with van der Waals surface area (Å²) in [6.45, 7) is 0. The van der Waals surface area contributed by atoms with Crippen LogP contribution in [-0.2, 0) is 0 Å². The van der Waals surface area contributed by atoms with E-state index in [1.54, 1.807) is 0 Å². The number of carbonyl (C=O) groups is 2. The molecule has 0 atom stereocenters. The van der Waals surface area contributed by atoms with Gasteiger partial charge in [-0.25, -0.2) is 9.37 Å². The third-order valence-electron chi connectivity index (χ3n) is 2.57. The highest BCUT2D eigenvalue weighted by molar-refractivity contribution is 6.35. The average molecular weight is 328 g/mol. The number of anilines is 1. The fraction of sp³-hybridized carbons (Fsp3) is 0. The van der Waals surface area contributed by atoms with Crippen LogP contribution >= 0.6 is 23.2 Å². The molecule has 0 aliphatic carbocycles. The van der Waals surface area contributed by atoms with Crippen molar-refractivity contribution in [2.75, 3.05) is 5.32 Å². The smallest absolute Gasteiger partial charge is 0.257 e. The molecule has 8 heteroatoms. The summed E-state index contributed by atoms with van der Waals surface area (Å²) in [5, 5.41) is 2.42. The zero-order valence-electron chi connectivity index (χ0n) is 10.4. The van der Waals surface area contributed by atoms with Crippen molar-refractivity contribution in [3.8, 4) is 0 Å². The number of nitrogens with zero attached hydrogens (tertiary/aromatic N) is 1. The maximum Gasteiger partial charge on any atom is 0.257 e. The van der Waals surface area contributed by atoms with Crippen molar-refractivity contribution >= 4 is 40.7 Å². The summed E-state index contributed by atoms with van der Waals surface area (Å²) in [6.07, 6.45) is 1.20. The van der Waals surface area contributed by atoms with Gasteiger partial charge in [-0.3, -0.25) is 9.59 Å². The molecule has 0 saturated carbocycles. The van der Waals surface area contributed by atoms with Crippen molar-refractivity contribution in [3.63, 3.8) is 0 Å². The molecule has 0 spiro atoms. The molecule has 1 aromatic carbocycles. The van der Waals surface area contributed by atoms with Crippen LogP contribution in [0.15, 0.2) is 30.5 Å². The molecule has 0 aliphatic heterocycles. The number of nitrogens with two attached hydrogens (primary N) is 1. The topological polar surface area (TPSA) is 85.1 Å². The van der Waals surface area contributed by atoms with Gasteiger partial charge >= 0.3 is 0 Å². The monoisotopic (exact) mass is 327 g/mol. The quantitative estimate of drug-likeness (QED) is 0.850. The highest BCUT2D eigenvalue weighted by atomic mass is 35.5. The molecule has 21 heavy (non-hydrogen) atoms. The molecule has 1 heterocycles. The van der Waals surface area contributed by atoms with Gasteiger partial charge < -0.3 is 11.1 Å². The van der Waals surface area contributed by atoms with Crippen LogP contribution in [0.3, 0.4) is 0 Å². The van der Waals surface area contributed by atoms with Gasteiger partial charge in [-0.15, -0.1) is 0 Å². The largest absolute Gasteiger partial charge is 0.366 e. The first-order valence-corrected chi connectivity index (χ1v) is 6.36. The minimum Gasteiger partial charge on any atom is -0.366 e. The molecule has 108 valence electrons. The Morgan fingerprint density at radius 2 is 1.95 bits per heavy atom. The fourth-order valence-corrected chi connectivity index (χ4v) is 1.90. The van der Waals surface area contributed by atoms with Crippen LogP contribution in [0.25, 0.3) is 0 Å². The number of amides is 2. The van der Waals surface area contributed by atoms with Crippen LogP contribution < -0.4 is 11.1 Å². The van der Waals surface area contributed by atoms with Crippen molar-refractivity contribution in [3.05, 3.63) is 57.6 Å². The van der Waals surface area contributed by atoms with Gasteiger partial charge in [-0.05, 0) is 24.3 Å². The molecule has 0 fully saturated rings. The molecule has 0 unspecified atom stereocenters. The third-order valence-corrected chi connectivity index (χ3v) is 3.07. The van der Waals surface area contributed by atoms with Gasteiger partial charge in [0.05, 0.1) is 16.3 Å². The molecule has 0 bridgehead atoms. The van der Waals surface area contributed by atoms with E-state index in [-0.39, 0.29) is 27.0 Å². The third kappa shape index (κ3) is 3.48. The van der Waals surface area contributed by atoms with E-state index < -0.39 is 17.6 Å². The summed E-state index contributed by atoms with van der Waals surface area (Å²) in [5.41, 5.74) is 4.99. The molecule has 1 aromatic heterocycles. The number of carbonyl (C=O) groups excluding carboxylic acids is 2. The summed E-state index contributed by atoms with van der Waals surface area (Å²) >= 11 is 11.5. The second-order valence-electron chi connectivity index (χ2n) is 4.00. The lowest BCUT2D eigenvalue weighted by Gasteiger charge is -2.09. The molecule has 5 nitrogen and oxygen atoms in total. The minimum atomic E-state index is -0.740. The first-order chi connectivity index (χ1) is 9.88. The molecule has 0 radical (unpaired) electrons. The number of nitrogens with one attached hydrogen (secondary N) is 1. The number of pyridine rings is 1. The molecule has 0 aliphatic rings. The molecule has 2 rings (SSSR count). The number of hydrogen-bond donors (Lipinski definition) is 2. The lowest BCUT2D eigenvalue weighted by molar-refractivity contribution is 0.0996. The van der Waals surface area contributed by atoms with E-state index in [0.29, 0.717) is 0 Å². The van der Waals surface area contributed by atoms with Crippen LogP contribution in [-0.4, -0.2) is 16.8 Å². The first kappa shape index (κ1) is 15.2. The summed E-state index contributed by atoms with van der Waals surface area (Å²) in [7, 11) is 0. The zero-order chi connectivity index (χ0) is 15.6. The van der Waals surface area contributed by atoms with Gasteiger partial charge in [-0.1, -0.05) is 23.2 Å². The van der Waals surface area contributed by atoms with Gasteiger partial charge in [0.2, 0.25) is 5.91 Å². The second-order valence-corrected chi connectivity index (χ2v) is 4.79. The van der Waals surface area contributed by atoms with Crippen LogP contribution in [0.4, 0.5) is 10.1 Å². The molecule has 2 aromatic rings. The minimum absolute atomic E-state index is 0.0283. The van der Waals surface area contributed by atoms with E-state index >= 15 is 0 Å². The van der Waals surface area contributed by atoms with E-state index in [1.807, 2.05) is 0 Å². The van der Waals surface area contributed by atoms with Gasteiger partial charge in [0.15, 0.2) is 0 Å². The standard InChI is InChI=1S/C13H8Cl2FN3O2/c14-8-5-18-11(15)4-7(8)13(21)19-10-3-6(12(17)20)1-2-9(10)16/h1-5H,(H2,17,20)(H,19,21). The predicted octanol–water partition coefficient (Wildman–Crippen LogP) is 2.88. The second kappa shape index (κ2) is 6.07. The normalized spacial score (nSPS) is 10.2. The van der Waals surface area contributed by atoms with Crippen molar-refractivity contribution in [2.45, 2.75) is 0 Å². The van der Waals surface area contributed by atoms with E-state index in [2.05, 4.69) is 10.3 Å². The van der Waals surface area contributed by atoms with Crippen LogP contribution in [0, 0.1) is 5.82 Å². The molecular weight excluding hydrogens is 320 g/mol. The first-order valence-electron chi connectivity index (χ1n) is 5.60. The Morgan fingerprint density at radius 3 is 2.62 bits per heavy atom. The van der Waals surface area contributed by atoms with E-state index in [1.165, 1.54) is 18.3 Å². The predicted molar refractivity (Wildman–Crippen MR) is 77.1 cm³/mol. The zero-order valence-corrected chi connectivity index (χ0v) is 11.9. The van der Waals surface area contributed by atoms with Gasteiger partial charge in [0, 0.05) is 11.8 Å². The SMILES string of the molecule is NC(=O)c1ccc(F)c(NC(=O)c2cc(Cl)ncc2Cl)c1. The lowest BCUT2D eigenvalue weighted by atomic mass is 10.1. The van der Waals surface area contributed by atoms with Crippen molar-refractivity contribution in [2.24, 2.45) is 5.73 Å². The molecule has 3 N–H and O–H groups in total. The molecular formula is C13H8Cl2FN3O2. The van der Waals surface area contributed by atoms with Crippen molar-refractivity contribution < 1.29 is 14.0 Å². The van der Waals surface area contributed by atoms with Gasteiger partial charge in [0.25, 0.3) is 5.91 Å². The number of rotatable bonds is 3.